The van der Waals surface area contributed by atoms with Crippen LogP contribution in [-0.4, -0.2) is 81.1 Å². The summed E-state index contributed by atoms with van der Waals surface area (Å²) in [4.78, 5) is 65.2. The number of aromatic nitrogens is 3. The molecule has 2 aliphatic carbocycles. The van der Waals surface area contributed by atoms with E-state index in [9.17, 15) is 19.2 Å². The third-order valence-electron chi connectivity index (χ3n) is 9.70. The van der Waals surface area contributed by atoms with E-state index in [2.05, 4.69) is 31.8 Å². The maximum atomic E-state index is 14.3. The highest BCUT2D eigenvalue weighted by molar-refractivity contribution is 7.17. The van der Waals surface area contributed by atoms with Gasteiger partial charge in [0.1, 0.15) is 34.2 Å². The fourth-order valence-electron chi connectivity index (χ4n) is 6.81. The van der Waals surface area contributed by atoms with Crippen LogP contribution >= 0.6 is 11.3 Å². The third kappa shape index (κ3) is 6.67. The van der Waals surface area contributed by atoms with Gasteiger partial charge in [-0.15, -0.1) is 11.3 Å². The zero-order valence-electron chi connectivity index (χ0n) is 27.1. The summed E-state index contributed by atoms with van der Waals surface area (Å²) in [5, 5.41) is 11.9. The number of nitrogens with zero attached hydrogens (tertiary/aromatic N) is 4. The molecule has 2 aliphatic heterocycles. The summed E-state index contributed by atoms with van der Waals surface area (Å²) in [6.45, 7) is 1.88. The summed E-state index contributed by atoms with van der Waals surface area (Å²) < 4.78 is 17.6. The molecule has 7 rings (SSSR count). The smallest absolute Gasteiger partial charge is 0.332 e. The molecule has 0 spiro atoms. The molecule has 0 aromatic carbocycles. The number of amides is 3. The molecule has 0 unspecified atom stereocenters. The van der Waals surface area contributed by atoms with Crippen LogP contribution in [0.25, 0.3) is 21.7 Å². The van der Waals surface area contributed by atoms with E-state index in [0.29, 0.717) is 53.9 Å². The lowest BCUT2D eigenvalue weighted by atomic mass is 10.0. The van der Waals surface area contributed by atoms with Gasteiger partial charge < -0.3 is 29.5 Å². The van der Waals surface area contributed by atoms with E-state index in [0.717, 1.165) is 43.2 Å². The molecule has 3 fully saturated rings. The van der Waals surface area contributed by atoms with Crippen molar-refractivity contribution in [3.63, 3.8) is 0 Å². The summed E-state index contributed by atoms with van der Waals surface area (Å²) >= 11 is 1.42. The largest absolute Gasteiger partial charge is 0.471 e. The minimum absolute atomic E-state index is 0.0930. The Kier molecular flexibility index (Phi) is 8.92. The number of fused-ring (bicyclic) bond motifs is 3. The SMILES string of the molecule is COC(=O)[C@@]12C[C@@H]1/C=C\CCCCC[C@H](NC(=O)CC1CC1)C(=O)N1C[C@H](Oc3nc(-c4cc(C)on4)nc4ccsc34)C[C@H]1C(=O)N2. The predicted molar refractivity (Wildman–Crippen MR) is 175 cm³/mol. The van der Waals surface area contributed by atoms with Crippen LogP contribution < -0.4 is 15.4 Å². The third-order valence-corrected chi connectivity index (χ3v) is 10.6. The minimum atomic E-state index is -1.19. The van der Waals surface area contributed by atoms with Gasteiger partial charge in [-0.05, 0) is 62.8 Å². The Morgan fingerprint density at radius 1 is 1.19 bits per heavy atom. The van der Waals surface area contributed by atoms with Gasteiger partial charge in [-0.1, -0.05) is 30.2 Å². The lowest BCUT2D eigenvalue weighted by Gasteiger charge is -2.29. The van der Waals surface area contributed by atoms with Crippen molar-refractivity contribution in [2.24, 2.45) is 11.8 Å². The van der Waals surface area contributed by atoms with E-state index in [1.165, 1.54) is 23.3 Å². The number of nitrogens with one attached hydrogen (secondary N) is 2. The van der Waals surface area contributed by atoms with Crippen LogP contribution in [0.2, 0.25) is 0 Å². The van der Waals surface area contributed by atoms with Crippen molar-refractivity contribution in [3.8, 4) is 17.4 Å². The number of carbonyl (C=O) groups is 4. The Bertz CT molecular complexity index is 1750. The van der Waals surface area contributed by atoms with Crippen LogP contribution in [0.4, 0.5) is 0 Å². The number of allylic oxidation sites excluding steroid dienone is 1. The number of aryl methyl sites for hydroxylation is 1. The molecule has 48 heavy (non-hydrogen) atoms. The number of rotatable bonds is 7. The summed E-state index contributed by atoms with van der Waals surface area (Å²) in [5.41, 5.74) is -0.0484. The van der Waals surface area contributed by atoms with Crippen molar-refractivity contribution >= 4 is 45.2 Å². The fraction of sp³-hybridized carbons (Fsp3) is 0.559. The van der Waals surface area contributed by atoms with Gasteiger partial charge in [0.05, 0.1) is 19.2 Å². The molecular weight excluding hydrogens is 636 g/mol. The van der Waals surface area contributed by atoms with Crippen LogP contribution in [0.3, 0.4) is 0 Å². The molecule has 2 saturated carbocycles. The quantitative estimate of drug-likeness (QED) is 0.277. The lowest BCUT2D eigenvalue weighted by Crippen LogP contribution is -2.56. The molecule has 0 radical (unpaired) electrons. The lowest BCUT2D eigenvalue weighted by molar-refractivity contribution is -0.148. The van der Waals surface area contributed by atoms with E-state index >= 15 is 0 Å². The number of carbonyl (C=O) groups excluding carboxylic acids is 4. The second-order valence-corrected chi connectivity index (χ2v) is 14.3. The van der Waals surface area contributed by atoms with Crippen molar-refractivity contribution in [2.45, 2.75) is 94.9 Å². The van der Waals surface area contributed by atoms with Crippen molar-refractivity contribution in [3.05, 3.63) is 35.4 Å². The highest BCUT2D eigenvalue weighted by Crippen LogP contribution is 2.46. The first kappa shape index (κ1) is 32.2. The number of hydrogen-bond donors (Lipinski definition) is 2. The average molecular weight is 677 g/mol. The molecule has 0 bridgehead atoms. The average Bonchev–Trinajstić information content (AvgIpc) is 3.78. The molecular formula is C34H40N6O7S. The Morgan fingerprint density at radius 2 is 2.04 bits per heavy atom. The highest BCUT2D eigenvalue weighted by atomic mass is 32.1. The molecule has 254 valence electrons. The molecule has 3 amide bonds. The van der Waals surface area contributed by atoms with E-state index in [-0.39, 0.29) is 30.7 Å². The van der Waals surface area contributed by atoms with Gasteiger partial charge in [0, 0.05) is 24.8 Å². The van der Waals surface area contributed by atoms with Crippen molar-refractivity contribution in [2.75, 3.05) is 13.7 Å². The Hall–Kier alpha value is -4.33. The molecule has 14 heteroatoms. The molecule has 3 aromatic rings. The Labute approximate surface area is 281 Å². The zero-order valence-corrected chi connectivity index (χ0v) is 27.9. The van der Waals surface area contributed by atoms with Crippen LogP contribution in [-0.2, 0) is 23.9 Å². The number of hydrogen-bond acceptors (Lipinski definition) is 11. The first-order chi connectivity index (χ1) is 23.2. The van der Waals surface area contributed by atoms with Crippen LogP contribution in [0.15, 0.2) is 34.2 Å². The van der Waals surface area contributed by atoms with Gasteiger partial charge in [0.2, 0.25) is 23.6 Å². The summed E-state index contributed by atoms with van der Waals surface area (Å²) in [5.74, 6) is -0.0175. The van der Waals surface area contributed by atoms with Gasteiger partial charge in [0.15, 0.2) is 11.5 Å². The van der Waals surface area contributed by atoms with Crippen LogP contribution in [0.5, 0.6) is 5.88 Å². The van der Waals surface area contributed by atoms with Crippen molar-refractivity contribution in [1.29, 1.82) is 0 Å². The van der Waals surface area contributed by atoms with Crippen molar-refractivity contribution < 1.29 is 33.2 Å². The molecule has 5 atom stereocenters. The van der Waals surface area contributed by atoms with Crippen molar-refractivity contribution in [1.82, 2.24) is 30.7 Å². The molecule has 2 N–H and O–H groups in total. The number of methoxy groups -OCH3 is 1. The topological polar surface area (TPSA) is 166 Å². The Balaban J connectivity index is 1.19. The minimum Gasteiger partial charge on any atom is -0.471 e. The number of esters is 1. The number of thiophene rings is 1. The monoisotopic (exact) mass is 676 g/mol. The molecule has 5 heterocycles. The molecule has 13 nitrogen and oxygen atoms in total. The first-order valence-corrected chi connectivity index (χ1v) is 17.6. The zero-order chi connectivity index (χ0) is 33.4. The van der Waals surface area contributed by atoms with Gasteiger partial charge in [0.25, 0.3) is 0 Å². The predicted octanol–water partition coefficient (Wildman–Crippen LogP) is 3.86. The molecule has 4 aliphatic rings. The van der Waals surface area contributed by atoms with Gasteiger partial charge >= 0.3 is 5.97 Å². The van der Waals surface area contributed by atoms with E-state index in [4.69, 9.17) is 14.0 Å². The van der Waals surface area contributed by atoms with E-state index in [1.54, 1.807) is 13.0 Å². The number of ether oxygens (including phenoxy) is 2. The second-order valence-electron chi connectivity index (χ2n) is 13.4. The van der Waals surface area contributed by atoms with Gasteiger partial charge in [-0.3, -0.25) is 14.4 Å². The molecule has 3 aromatic heterocycles. The fourth-order valence-corrected chi connectivity index (χ4v) is 7.58. The van der Waals surface area contributed by atoms with E-state index in [1.807, 2.05) is 17.5 Å². The standard InChI is InChI=1S/C34H40N6O7S/c1-19-14-25(39-47-19)29-36-23-12-13-48-28(23)31(37-29)46-22-16-26-30(42)38-34(33(44)45-2)17-21(34)8-6-4-3-5-7-9-24(32(43)40(26)18-22)35-27(41)15-20-10-11-20/h6,8,12-14,20-22,24,26H,3-5,7,9-11,15-18H2,1-2H3,(H,35,41)(H,38,42)/b8-6-/t21-,22+,24-,26-,34+/m0/s1. The van der Waals surface area contributed by atoms with Crippen LogP contribution in [0.1, 0.15) is 70.0 Å². The highest BCUT2D eigenvalue weighted by Gasteiger charge is 2.62. The Morgan fingerprint density at radius 3 is 2.81 bits per heavy atom. The summed E-state index contributed by atoms with van der Waals surface area (Å²) in [7, 11) is 1.31. The van der Waals surface area contributed by atoms with Gasteiger partial charge in [-0.2, -0.15) is 4.98 Å². The second kappa shape index (κ2) is 13.3. The molecule has 1 saturated heterocycles. The summed E-state index contributed by atoms with van der Waals surface area (Å²) in [6, 6.07) is 1.88. The normalized spacial score (nSPS) is 28.4. The maximum Gasteiger partial charge on any atom is 0.332 e. The summed E-state index contributed by atoms with van der Waals surface area (Å²) in [6.07, 6.45) is 10.3. The first-order valence-electron chi connectivity index (χ1n) is 16.8. The van der Waals surface area contributed by atoms with Crippen LogP contribution in [0, 0.1) is 18.8 Å². The van der Waals surface area contributed by atoms with E-state index < -0.39 is 35.6 Å². The maximum absolute atomic E-state index is 14.3. The van der Waals surface area contributed by atoms with Gasteiger partial charge in [-0.25, -0.2) is 9.78 Å².